The lowest BCUT2D eigenvalue weighted by Gasteiger charge is -2.16. The minimum absolute atomic E-state index is 0.265. The molecule has 0 saturated carbocycles. The Hall–Kier alpha value is -1.97. The minimum atomic E-state index is -2.43. The summed E-state index contributed by atoms with van der Waals surface area (Å²) in [5.74, 6) is -1.57. The average Bonchev–Trinajstić information content (AvgIpc) is 2.19. The zero-order valence-electron chi connectivity index (χ0n) is 7.75. The number of aliphatic imine (C=N–C) groups is 1. The van der Waals surface area contributed by atoms with E-state index < -0.39 is 11.7 Å². The first-order valence-corrected chi connectivity index (χ1v) is 4.17. The van der Waals surface area contributed by atoms with Gasteiger partial charge in [0.15, 0.2) is 0 Å². The van der Waals surface area contributed by atoms with Crippen molar-refractivity contribution in [3.63, 3.8) is 0 Å². The van der Waals surface area contributed by atoms with E-state index >= 15 is 0 Å². The molecule has 0 saturated heterocycles. The summed E-state index contributed by atoms with van der Waals surface area (Å²) in [6, 6.07) is 8.42. The zero-order valence-corrected chi connectivity index (χ0v) is 7.75. The van der Waals surface area contributed by atoms with Gasteiger partial charge in [0, 0.05) is 6.42 Å². The second-order valence-electron chi connectivity index (χ2n) is 2.99. The molecular formula is C10H9NO4. The SMILES string of the molecule is O=C=NC(O)(Cc1ccccc1)C(=O)O. The van der Waals surface area contributed by atoms with Gasteiger partial charge in [0.25, 0.3) is 5.72 Å². The van der Waals surface area contributed by atoms with E-state index in [1.165, 1.54) is 0 Å². The van der Waals surface area contributed by atoms with Crippen LogP contribution in [0, 0.1) is 0 Å². The lowest BCUT2D eigenvalue weighted by molar-refractivity contribution is -0.157. The van der Waals surface area contributed by atoms with Gasteiger partial charge in [0.1, 0.15) is 0 Å². The number of carbonyl (C=O) groups excluding carboxylic acids is 1. The van der Waals surface area contributed by atoms with Crippen molar-refractivity contribution in [2.24, 2.45) is 4.99 Å². The molecule has 0 fully saturated rings. The van der Waals surface area contributed by atoms with E-state index in [0.29, 0.717) is 5.56 Å². The molecule has 0 heterocycles. The Labute approximate surface area is 85.7 Å². The molecule has 0 radical (unpaired) electrons. The highest BCUT2D eigenvalue weighted by Gasteiger charge is 2.36. The highest BCUT2D eigenvalue weighted by atomic mass is 16.4. The number of nitrogens with zero attached hydrogens (tertiary/aromatic N) is 1. The third-order valence-corrected chi connectivity index (χ3v) is 1.87. The summed E-state index contributed by atoms with van der Waals surface area (Å²) in [4.78, 5) is 23.6. The van der Waals surface area contributed by atoms with Gasteiger partial charge in [-0.15, -0.1) is 0 Å². The van der Waals surface area contributed by atoms with Crippen LogP contribution in [0.4, 0.5) is 0 Å². The molecular weight excluding hydrogens is 198 g/mol. The molecule has 78 valence electrons. The third kappa shape index (κ3) is 2.74. The zero-order chi connectivity index (χ0) is 11.3. The average molecular weight is 207 g/mol. The number of rotatable bonds is 4. The molecule has 15 heavy (non-hydrogen) atoms. The summed E-state index contributed by atoms with van der Waals surface area (Å²) in [7, 11) is 0. The Morgan fingerprint density at radius 1 is 1.40 bits per heavy atom. The molecule has 1 rings (SSSR count). The molecule has 0 amide bonds. The smallest absolute Gasteiger partial charge is 0.360 e. The second kappa shape index (κ2) is 4.50. The van der Waals surface area contributed by atoms with Crippen molar-refractivity contribution < 1.29 is 19.8 Å². The molecule has 0 aliphatic rings. The van der Waals surface area contributed by atoms with Crippen LogP contribution < -0.4 is 0 Å². The van der Waals surface area contributed by atoms with Crippen LogP contribution in [-0.2, 0) is 16.0 Å². The molecule has 0 spiro atoms. The fourth-order valence-electron chi connectivity index (χ4n) is 1.12. The Kier molecular flexibility index (Phi) is 3.33. The van der Waals surface area contributed by atoms with Gasteiger partial charge in [-0.1, -0.05) is 30.3 Å². The fraction of sp³-hybridized carbons (Fsp3) is 0.200. The van der Waals surface area contributed by atoms with Crippen molar-refractivity contribution in [3.8, 4) is 0 Å². The van der Waals surface area contributed by atoms with Gasteiger partial charge in [-0.3, -0.25) is 0 Å². The van der Waals surface area contributed by atoms with Crippen molar-refractivity contribution >= 4 is 12.0 Å². The maximum absolute atomic E-state index is 10.7. The van der Waals surface area contributed by atoms with Crippen LogP contribution in [0.1, 0.15) is 5.56 Å². The third-order valence-electron chi connectivity index (χ3n) is 1.87. The van der Waals surface area contributed by atoms with Crippen molar-refractivity contribution in [1.82, 2.24) is 0 Å². The summed E-state index contributed by atoms with van der Waals surface area (Å²) in [5, 5.41) is 18.2. The maximum Gasteiger partial charge on any atom is 0.360 e. The molecule has 2 N–H and O–H groups in total. The molecule has 5 heteroatoms. The van der Waals surface area contributed by atoms with Gasteiger partial charge in [0.2, 0.25) is 6.08 Å². The number of hydrogen-bond donors (Lipinski definition) is 2. The largest absolute Gasteiger partial charge is 0.478 e. The van der Waals surface area contributed by atoms with Crippen LogP contribution in [0.3, 0.4) is 0 Å². The fourth-order valence-corrected chi connectivity index (χ4v) is 1.12. The predicted molar refractivity (Wildman–Crippen MR) is 50.9 cm³/mol. The van der Waals surface area contributed by atoms with E-state index in [0.717, 1.165) is 6.08 Å². The molecule has 1 atom stereocenters. The van der Waals surface area contributed by atoms with Gasteiger partial charge >= 0.3 is 5.97 Å². The van der Waals surface area contributed by atoms with Crippen LogP contribution in [0.25, 0.3) is 0 Å². The van der Waals surface area contributed by atoms with Crippen LogP contribution in [0.15, 0.2) is 35.3 Å². The van der Waals surface area contributed by atoms with Crippen LogP contribution in [-0.4, -0.2) is 28.0 Å². The normalized spacial score (nSPS) is 13.7. The summed E-state index contributed by atoms with van der Waals surface area (Å²) < 4.78 is 0. The predicted octanol–water partition coefficient (Wildman–Crippen LogP) is 0.338. The van der Waals surface area contributed by atoms with Crippen molar-refractivity contribution in [2.45, 2.75) is 12.1 Å². The van der Waals surface area contributed by atoms with E-state index in [9.17, 15) is 14.7 Å². The monoisotopic (exact) mass is 207 g/mol. The Bertz CT molecular complexity index is 393. The molecule has 0 aromatic heterocycles. The van der Waals surface area contributed by atoms with Gasteiger partial charge in [0.05, 0.1) is 0 Å². The number of isocyanates is 1. The van der Waals surface area contributed by atoms with Gasteiger partial charge in [-0.05, 0) is 5.56 Å². The van der Waals surface area contributed by atoms with Crippen LogP contribution >= 0.6 is 0 Å². The first-order valence-electron chi connectivity index (χ1n) is 4.17. The number of carbonyl (C=O) groups is 1. The first kappa shape index (κ1) is 11.1. The van der Waals surface area contributed by atoms with Crippen LogP contribution in [0.2, 0.25) is 0 Å². The topological polar surface area (TPSA) is 87.0 Å². The number of aliphatic carboxylic acids is 1. The Morgan fingerprint density at radius 2 is 2.00 bits per heavy atom. The summed E-state index contributed by atoms with van der Waals surface area (Å²) in [6.07, 6.45) is 0.789. The minimum Gasteiger partial charge on any atom is -0.478 e. The molecule has 5 nitrogen and oxygen atoms in total. The van der Waals surface area contributed by atoms with Gasteiger partial charge < -0.3 is 10.2 Å². The van der Waals surface area contributed by atoms with Gasteiger partial charge in [-0.25, -0.2) is 9.59 Å². The molecule has 1 unspecified atom stereocenters. The van der Waals surface area contributed by atoms with Crippen LogP contribution in [0.5, 0.6) is 0 Å². The highest BCUT2D eigenvalue weighted by Crippen LogP contribution is 2.14. The molecule has 0 bridgehead atoms. The lowest BCUT2D eigenvalue weighted by Crippen LogP contribution is -2.38. The van der Waals surface area contributed by atoms with Crippen molar-refractivity contribution in [3.05, 3.63) is 35.9 Å². The van der Waals surface area contributed by atoms with Crippen molar-refractivity contribution in [2.75, 3.05) is 0 Å². The molecule has 1 aromatic carbocycles. The van der Waals surface area contributed by atoms with E-state index in [4.69, 9.17) is 5.11 Å². The Morgan fingerprint density at radius 3 is 2.47 bits per heavy atom. The highest BCUT2D eigenvalue weighted by molar-refractivity contribution is 5.78. The second-order valence-corrected chi connectivity index (χ2v) is 2.99. The van der Waals surface area contributed by atoms with Crippen molar-refractivity contribution in [1.29, 1.82) is 0 Å². The number of aliphatic hydroxyl groups is 1. The molecule has 0 aliphatic heterocycles. The lowest BCUT2D eigenvalue weighted by atomic mass is 10.0. The standard InChI is InChI=1S/C10H9NO4/c12-7-11-10(15,9(13)14)6-8-4-2-1-3-5-8/h1-5,15H,6H2,(H,13,14). The quantitative estimate of drug-likeness (QED) is 0.550. The summed E-state index contributed by atoms with van der Waals surface area (Å²) >= 11 is 0. The first-order chi connectivity index (χ1) is 7.08. The van der Waals surface area contributed by atoms with E-state index in [2.05, 4.69) is 4.99 Å². The summed E-state index contributed by atoms with van der Waals surface area (Å²) in [5.41, 5.74) is -1.86. The van der Waals surface area contributed by atoms with E-state index in [1.54, 1.807) is 30.3 Å². The van der Waals surface area contributed by atoms with E-state index in [-0.39, 0.29) is 6.42 Å². The van der Waals surface area contributed by atoms with Gasteiger partial charge in [-0.2, -0.15) is 4.99 Å². The number of carboxylic acids is 1. The number of carboxylic acid groups (broad SMARTS) is 1. The maximum atomic E-state index is 10.7. The molecule has 0 aliphatic carbocycles. The Balaban J connectivity index is 2.95. The number of benzene rings is 1. The summed E-state index contributed by atoms with van der Waals surface area (Å²) in [6.45, 7) is 0. The molecule has 1 aromatic rings. The van der Waals surface area contributed by atoms with E-state index in [1.807, 2.05) is 0 Å². The number of hydrogen-bond acceptors (Lipinski definition) is 4.